The summed E-state index contributed by atoms with van der Waals surface area (Å²) in [4.78, 5) is 11.1. The van der Waals surface area contributed by atoms with Crippen LogP contribution in [-0.4, -0.2) is 29.7 Å². The molecule has 1 aliphatic rings. The van der Waals surface area contributed by atoms with Gasteiger partial charge in [-0.3, -0.25) is 10.2 Å². The molecule has 116 valence electrons. The van der Waals surface area contributed by atoms with E-state index in [2.05, 4.69) is 5.43 Å². The van der Waals surface area contributed by atoms with E-state index < -0.39 is 23.9 Å². The molecule has 0 spiro atoms. The Hall–Kier alpha value is -1.63. The lowest BCUT2D eigenvalue weighted by Gasteiger charge is -2.28. The summed E-state index contributed by atoms with van der Waals surface area (Å²) in [5.74, 6) is -0.811. The van der Waals surface area contributed by atoms with Crippen molar-refractivity contribution in [3.63, 3.8) is 0 Å². The smallest absolute Gasteiger partial charge is 0.288 e. The van der Waals surface area contributed by atoms with E-state index in [9.17, 15) is 22.4 Å². The highest BCUT2D eigenvalue weighted by Crippen LogP contribution is 2.29. The highest BCUT2D eigenvalue weighted by atomic mass is 19.4. The van der Waals surface area contributed by atoms with Gasteiger partial charge < -0.3 is 0 Å². The number of aryl methyl sites for hydroxylation is 1. The van der Waals surface area contributed by atoms with Gasteiger partial charge in [0.1, 0.15) is 11.9 Å². The molecule has 0 aliphatic carbocycles. The second-order valence-corrected chi connectivity index (χ2v) is 5.02. The molecule has 0 radical (unpaired) electrons. The minimum absolute atomic E-state index is 0.0444. The van der Waals surface area contributed by atoms with Crippen LogP contribution in [0.5, 0.6) is 0 Å². The molecule has 7 heteroatoms. The molecule has 2 rings (SSSR count). The summed E-state index contributed by atoms with van der Waals surface area (Å²) in [6, 6.07) is 4.32. The molecule has 1 N–H and O–H groups in total. The Kier molecular flexibility index (Phi) is 4.82. The maximum Gasteiger partial charge on any atom is 0.405 e. The minimum atomic E-state index is -4.42. The lowest BCUT2D eigenvalue weighted by molar-refractivity contribution is -0.190. The van der Waals surface area contributed by atoms with E-state index in [1.165, 1.54) is 12.1 Å². The molecule has 1 aromatic rings. The molecule has 21 heavy (non-hydrogen) atoms. The van der Waals surface area contributed by atoms with Gasteiger partial charge in [0, 0.05) is 13.0 Å². The summed E-state index contributed by atoms with van der Waals surface area (Å²) in [6.45, 7) is 0.0444. The number of benzene rings is 1. The van der Waals surface area contributed by atoms with Crippen molar-refractivity contribution in [1.82, 2.24) is 10.4 Å². The molecule has 0 saturated carbocycles. The zero-order valence-electron chi connectivity index (χ0n) is 11.3. The quantitative estimate of drug-likeness (QED) is 0.848. The molecular formula is C14H16F4N2O. The van der Waals surface area contributed by atoms with Crippen molar-refractivity contribution in [2.75, 3.05) is 6.54 Å². The number of alkyl halides is 3. The van der Waals surface area contributed by atoms with Crippen LogP contribution in [0.1, 0.15) is 24.8 Å². The average Bonchev–Trinajstić information content (AvgIpc) is 2.81. The Labute approximate surface area is 119 Å². The van der Waals surface area contributed by atoms with Crippen molar-refractivity contribution in [1.29, 1.82) is 0 Å². The van der Waals surface area contributed by atoms with Gasteiger partial charge in [0.05, 0.1) is 0 Å². The SMILES string of the molecule is O=C1CCN([C@@H](CCCc2ccccc2F)C(F)(F)F)N1. The zero-order chi connectivity index (χ0) is 15.5. The number of carbonyl (C=O) groups excluding carboxylic acids is 1. The van der Waals surface area contributed by atoms with Crippen LogP contribution in [0.25, 0.3) is 0 Å². The number of nitrogens with zero attached hydrogens (tertiary/aromatic N) is 1. The van der Waals surface area contributed by atoms with E-state index in [4.69, 9.17) is 0 Å². The van der Waals surface area contributed by atoms with E-state index in [1.807, 2.05) is 0 Å². The van der Waals surface area contributed by atoms with E-state index in [-0.39, 0.29) is 32.2 Å². The first-order chi connectivity index (χ1) is 9.88. The number of amides is 1. The zero-order valence-corrected chi connectivity index (χ0v) is 11.3. The van der Waals surface area contributed by atoms with Gasteiger partial charge >= 0.3 is 6.18 Å². The molecule has 1 fully saturated rings. The number of nitrogens with one attached hydrogen (secondary N) is 1. The van der Waals surface area contributed by atoms with Crippen LogP contribution in [0.2, 0.25) is 0 Å². The topological polar surface area (TPSA) is 32.3 Å². The molecule has 1 amide bonds. The lowest BCUT2D eigenvalue weighted by atomic mass is 10.0. The first kappa shape index (κ1) is 15.8. The highest BCUT2D eigenvalue weighted by Gasteiger charge is 2.45. The third kappa shape index (κ3) is 4.17. The third-order valence-electron chi connectivity index (χ3n) is 3.48. The Morgan fingerprint density at radius 2 is 2.00 bits per heavy atom. The fraction of sp³-hybridized carbons (Fsp3) is 0.500. The molecule has 0 unspecified atom stereocenters. The second-order valence-electron chi connectivity index (χ2n) is 5.02. The van der Waals surface area contributed by atoms with Crippen molar-refractivity contribution in [3.05, 3.63) is 35.6 Å². The van der Waals surface area contributed by atoms with Crippen LogP contribution in [0.4, 0.5) is 17.6 Å². The van der Waals surface area contributed by atoms with Crippen molar-refractivity contribution >= 4 is 5.91 Å². The first-order valence-corrected chi connectivity index (χ1v) is 6.74. The van der Waals surface area contributed by atoms with Crippen LogP contribution in [0, 0.1) is 5.82 Å². The molecule has 3 nitrogen and oxygen atoms in total. The van der Waals surface area contributed by atoms with Crippen molar-refractivity contribution in [2.45, 2.75) is 37.9 Å². The Balaban J connectivity index is 1.94. The number of carbonyl (C=O) groups is 1. The second kappa shape index (κ2) is 6.43. The summed E-state index contributed by atoms with van der Waals surface area (Å²) in [7, 11) is 0. The van der Waals surface area contributed by atoms with Gasteiger partial charge in [-0.25, -0.2) is 9.40 Å². The summed E-state index contributed by atoms with van der Waals surface area (Å²) in [6.07, 6.45) is -4.11. The minimum Gasteiger partial charge on any atom is -0.288 e. The van der Waals surface area contributed by atoms with Gasteiger partial charge in [-0.05, 0) is 30.9 Å². The van der Waals surface area contributed by atoms with Crippen LogP contribution in [0.15, 0.2) is 24.3 Å². The fourth-order valence-corrected chi connectivity index (χ4v) is 2.41. The van der Waals surface area contributed by atoms with Gasteiger partial charge in [0.25, 0.3) is 0 Å². The normalized spacial score (nSPS) is 17.8. The largest absolute Gasteiger partial charge is 0.405 e. The number of hydrogen-bond donors (Lipinski definition) is 1. The number of halogens is 4. The van der Waals surface area contributed by atoms with E-state index in [0.717, 1.165) is 5.01 Å². The molecule has 0 aromatic heterocycles. The molecular weight excluding hydrogens is 288 g/mol. The van der Waals surface area contributed by atoms with Gasteiger partial charge in [-0.2, -0.15) is 13.2 Å². The Morgan fingerprint density at radius 3 is 2.57 bits per heavy atom. The van der Waals surface area contributed by atoms with E-state index >= 15 is 0 Å². The Morgan fingerprint density at radius 1 is 1.29 bits per heavy atom. The van der Waals surface area contributed by atoms with Crippen LogP contribution < -0.4 is 5.43 Å². The molecule has 1 aromatic carbocycles. The maximum absolute atomic E-state index is 13.4. The molecule has 1 aliphatic heterocycles. The first-order valence-electron chi connectivity index (χ1n) is 6.74. The molecule has 1 saturated heterocycles. The summed E-state index contributed by atoms with van der Waals surface area (Å²) < 4.78 is 52.5. The molecule has 1 atom stereocenters. The van der Waals surface area contributed by atoms with Gasteiger partial charge in [0.15, 0.2) is 0 Å². The van der Waals surface area contributed by atoms with Crippen LogP contribution >= 0.6 is 0 Å². The van der Waals surface area contributed by atoms with Gasteiger partial charge in [-0.1, -0.05) is 18.2 Å². The number of hydrogen-bond acceptors (Lipinski definition) is 2. The van der Waals surface area contributed by atoms with E-state index in [0.29, 0.717) is 5.56 Å². The summed E-state index contributed by atoms with van der Waals surface area (Å²) >= 11 is 0. The maximum atomic E-state index is 13.4. The molecule has 0 bridgehead atoms. The summed E-state index contributed by atoms with van der Waals surface area (Å²) in [5, 5.41) is 0.934. The summed E-state index contributed by atoms with van der Waals surface area (Å²) in [5.41, 5.74) is 2.63. The Bertz CT molecular complexity index is 504. The van der Waals surface area contributed by atoms with E-state index in [1.54, 1.807) is 12.1 Å². The third-order valence-corrected chi connectivity index (χ3v) is 3.48. The van der Waals surface area contributed by atoms with Crippen molar-refractivity contribution < 1.29 is 22.4 Å². The average molecular weight is 304 g/mol. The van der Waals surface area contributed by atoms with Crippen molar-refractivity contribution in [3.8, 4) is 0 Å². The molecule has 1 heterocycles. The lowest BCUT2D eigenvalue weighted by Crippen LogP contribution is -2.49. The van der Waals surface area contributed by atoms with Gasteiger partial charge in [0.2, 0.25) is 5.91 Å². The highest BCUT2D eigenvalue weighted by molar-refractivity contribution is 5.77. The van der Waals surface area contributed by atoms with Crippen molar-refractivity contribution in [2.24, 2.45) is 0 Å². The standard InChI is InChI=1S/C14H16F4N2O/c15-11-6-2-1-4-10(11)5-3-7-12(14(16,17)18)20-9-8-13(21)19-20/h1-2,4,6,12H,3,5,7-9H2,(H,19,21)/t12-/m0/s1. The number of hydrazine groups is 1. The predicted molar refractivity (Wildman–Crippen MR) is 68.6 cm³/mol. The monoisotopic (exact) mass is 304 g/mol. The van der Waals surface area contributed by atoms with Gasteiger partial charge in [-0.15, -0.1) is 0 Å². The number of rotatable bonds is 5. The fourth-order valence-electron chi connectivity index (χ4n) is 2.41. The predicted octanol–water partition coefficient (Wildman–Crippen LogP) is 2.82. The van der Waals surface area contributed by atoms with Crippen LogP contribution in [-0.2, 0) is 11.2 Å². The van der Waals surface area contributed by atoms with Crippen LogP contribution in [0.3, 0.4) is 0 Å².